The number of rotatable bonds is 4. The first-order valence-corrected chi connectivity index (χ1v) is 6.74. The van der Waals surface area contributed by atoms with Crippen molar-refractivity contribution in [3.8, 4) is 0 Å². The normalized spacial score (nSPS) is 10.8. The van der Waals surface area contributed by atoms with Crippen LogP contribution in [0.15, 0.2) is 49.1 Å². The van der Waals surface area contributed by atoms with Gasteiger partial charge in [0.2, 0.25) is 0 Å². The Bertz CT molecular complexity index is 646. The molecule has 0 radical (unpaired) electrons. The number of benzene rings is 2. The lowest BCUT2D eigenvalue weighted by Crippen LogP contribution is -2.37. The second kappa shape index (κ2) is 5.78. The van der Waals surface area contributed by atoms with Gasteiger partial charge in [-0.25, -0.2) is 0 Å². The lowest BCUT2D eigenvalue weighted by Gasteiger charge is -2.26. The average molecular weight is 268 g/mol. The van der Waals surface area contributed by atoms with E-state index in [0.29, 0.717) is 17.8 Å². The minimum absolute atomic E-state index is 0.0526. The standard InChI is InChI=1S/C17H20N2O/c1-4-9-19(12(2)3)17(20)15-10-13-7-5-6-8-14(13)11-16(15)18/h4-8,10-12H,1,9,18H2,2-3H3. The number of hydrogen-bond acceptors (Lipinski definition) is 2. The quantitative estimate of drug-likeness (QED) is 0.682. The predicted octanol–water partition coefficient (Wildman–Crippen LogP) is 3.46. The summed E-state index contributed by atoms with van der Waals surface area (Å²) < 4.78 is 0. The molecule has 0 aromatic heterocycles. The molecule has 1 amide bonds. The van der Waals surface area contributed by atoms with Gasteiger partial charge in [0, 0.05) is 18.3 Å². The first kappa shape index (κ1) is 14.1. The molecule has 0 heterocycles. The third-order valence-electron chi connectivity index (χ3n) is 3.36. The second-order valence-corrected chi connectivity index (χ2v) is 5.13. The first-order valence-electron chi connectivity index (χ1n) is 6.74. The minimum atomic E-state index is -0.0526. The average Bonchev–Trinajstić information content (AvgIpc) is 2.43. The Labute approximate surface area is 119 Å². The van der Waals surface area contributed by atoms with Crippen LogP contribution in [-0.2, 0) is 0 Å². The van der Waals surface area contributed by atoms with Crippen LogP contribution in [0.25, 0.3) is 10.8 Å². The molecule has 2 rings (SSSR count). The van der Waals surface area contributed by atoms with E-state index in [1.807, 2.05) is 50.2 Å². The highest BCUT2D eigenvalue weighted by Crippen LogP contribution is 2.23. The summed E-state index contributed by atoms with van der Waals surface area (Å²) in [5.41, 5.74) is 7.12. The number of carbonyl (C=O) groups excluding carboxylic acids is 1. The maximum atomic E-state index is 12.6. The second-order valence-electron chi connectivity index (χ2n) is 5.13. The molecule has 0 unspecified atom stereocenters. The predicted molar refractivity (Wildman–Crippen MR) is 84.7 cm³/mol. The van der Waals surface area contributed by atoms with Crippen LogP contribution in [0.3, 0.4) is 0 Å². The Morgan fingerprint density at radius 2 is 1.90 bits per heavy atom. The molecule has 0 atom stereocenters. The van der Waals surface area contributed by atoms with Gasteiger partial charge in [0.15, 0.2) is 0 Å². The molecule has 20 heavy (non-hydrogen) atoms. The molecular formula is C17H20N2O. The zero-order chi connectivity index (χ0) is 14.7. The summed E-state index contributed by atoms with van der Waals surface area (Å²) in [7, 11) is 0. The van der Waals surface area contributed by atoms with Gasteiger partial charge in [0.1, 0.15) is 0 Å². The van der Waals surface area contributed by atoms with Crippen LogP contribution in [0.5, 0.6) is 0 Å². The zero-order valence-corrected chi connectivity index (χ0v) is 12.0. The van der Waals surface area contributed by atoms with Gasteiger partial charge >= 0.3 is 0 Å². The van der Waals surface area contributed by atoms with Crippen LogP contribution in [-0.4, -0.2) is 23.4 Å². The monoisotopic (exact) mass is 268 g/mol. The largest absolute Gasteiger partial charge is 0.398 e. The topological polar surface area (TPSA) is 46.3 Å². The Balaban J connectivity index is 2.47. The van der Waals surface area contributed by atoms with Gasteiger partial charge in [0.25, 0.3) is 5.91 Å². The molecule has 0 spiro atoms. The van der Waals surface area contributed by atoms with E-state index in [1.165, 1.54) is 0 Å². The van der Waals surface area contributed by atoms with E-state index in [9.17, 15) is 4.79 Å². The van der Waals surface area contributed by atoms with E-state index in [1.54, 1.807) is 11.0 Å². The summed E-state index contributed by atoms with van der Waals surface area (Å²) in [6.07, 6.45) is 1.73. The van der Waals surface area contributed by atoms with E-state index in [4.69, 9.17) is 5.73 Å². The highest BCUT2D eigenvalue weighted by molar-refractivity contribution is 6.04. The SMILES string of the molecule is C=CCN(C(=O)c1cc2ccccc2cc1N)C(C)C. The van der Waals surface area contributed by atoms with Crippen molar-refractivity contribution in [2.75, 3.05) is 12.3 Å². The van der Waals surface area contributed by atoms with Crippen molar-refractivity contribution in [2.24, 2.45) is 0 Å². The van der Waals surface area contributed by atoms with Crippen molar-refractivity contribution in [2.45, 2.75) is 19.9 Å². The number of fused-ring (bicyclic) bond motifs is 1. The van der Waals surface area contributed by atoms with Crippen LogP contribution < -0.4 is 5.73 Å². The van der Waals surface area contributed by atoms with Gasteiger partial charge in [-0.05, 0) is 36.8 Å². The number of nitrogens with two attached hydrogens (primary N) is 1. The first-order chi connectivity index (χ1) is 9.54. The molecule has 0 aliphatic rings. The Morgan fingerprint density at radius 3 is 2.45 bits per heavy atom. The summed E-state index contributed by atoms with van der Waals surface area (Å²) in [6, 6.07) is 11.7. The molecule has 2 aromatic rings. The molecule has 0 saturated carbocycles. The fourth-order valence-electron chi connectivity index (χ4n) is 2.27. The van der Waals surface area contributed by atoms with Crippen molar-refractivity contribution in [1.82, 2.24) is 4.90 Å². The lowest BCUT2D eigenvalue weighted by molar-refractivity contribution is 0.0730. The summed E-state index contributed by atoms with van der Waals surface area (Å²) in [5.74, 6) is -0.0526. The van der Waals surface area contributed by atoms with Crippen molar-refractivity contribution in [3.05, 3.63) is 54.6 Å². The zero-order valence-electron chi connectivity index (χ0n) is 12.0. The van der Waals surface area contributed by atoms with Crippen LogP contribution in [0.4, 0.5) is 5.69 Å². The molecule has 0 bridgehead atoms. The van der Waals surface area contributed by atoms with Crippen molar-refractivity contribution >= 4 is 22.4 Å². The van der Waals surface area contributed by atoms with E-state index < -0.39 is 0 Å². The van der Waals surface area contributed by atoms with Gasteiger partial charge in [-0.2, -0.15) is 0 Å². The number of anilines is 1. The van der Waals surface area contributed by atoms with Gasteiger partial charge < -0.3 is 10.6 Å². The van der Waals surface area contributed by atoms with Gasteiger partial charge in [-0.1, -0.05) is 30.3 Å². The summed E-state index contributed by atoms with van der Waals surface area (Å²) >= 11 is 0. The van der Waals surface area contributed by atoms with E-state index in [2.05, 4.69) is 6.58 Å². The molecule has 3 nitrogen and oxygen atoms in total. The van der Waals surface area contributed by atoms with Crippen LogP contribution in [0.1, 0.15) is 24.2 Å². The maximum Gasteiger partial charge on any atom is 0.256 e. The van der Waals surface area contributed by atoms with Crippen LogP contribution in [0, 0.1) is 0 Å². The molecular weight excluding hydrogens is 248 g/mol. The molecule has 2 aromatic carbocycles. The van der Waals surface area contributed by atoms with E-state index in [-0.39, 0.29) is 11.9 Å². The molecule has 0 aliphatic carbocycles. The maximum absolute atomic E-state index is 12.6. The van der Waals surface area contributed by atoms with Gasteiger partial charge in [0.05, 0.1) is 5.56 Å². The van der Waals surface area contributed by atoms with Gasteiger partial charge in [-0.3, -0.25) is 4.79 Å². The van der Waals surface area contributed by atoms with E-state index >= 15 is 0 Å². The van der Waals surface area contributed by atoms with Crippen molar-refractivity contribution in [1.29, 1.82) is 0 Å². The molecule has 0 fully saturated rings. The number of amides is 1. The summed E-state index contributed by atoms with van der Waals surface area (Å²) in [5, 5.41) is 2.06. The van der Waals surface area contributed by atoms with Crippen LogP contribution >= 0.6 is 0 Å². The highest BCUT2D eigenvalue weighted by atomic mass is 16.2. The molecule has 104 valence electrons. The number of carbonyl (C=O) groups is 1. The van der Waals surface area contributed by atoms with Gasteiger partial charge in [-0.15, -0.1) is 6.58 Å². The fourth-order valence-corrected chi connectivity index (χ4v) is 2.27. The lowest BCUT2D eigenvalue weighted by atomic mass is 10.0. The number of nitrogen functional groups attached to an aromatic ring is 1. The summed E-state index contributed by atoms with van der Waals surface area (Å²) in [4.78, 5) is 14.4. The molecule has 3 heteroatoms. The minimum Gasteiger partial charge on any atom is -0.398 e. The third-order valence-corrected chi connectivity index (χ3v) is 3.36. The Morgan fingerprint density at radius 1 is 1.30 bits per heavy atom. The molecule has 0 aliphatic heterocycles. The smallest absolute Gasteiger partial charge is 0.256 e. The molecule has 0 saturated heterocycles. The van der Waals surface area contributed by atoms with Crippen molar-refractivity contribution < 1.29 is 4.79 Å². The number of hydrogen-bond donors (Lipinski definition) is 1. The Kier molecular flexibility index (Phi) is 4.08. The Hall–Kier alpha value is -2.29. The fraction of sp³-hybridized carbons (Fsp3) is 0.235. The van der Waals surface area contributed by atoms with Crippen LogP contribution in [0.2, 0.25) is 0 Å². The number of nitrogens with zero attached hydrogens (tertiary/aromatic N) is 1. The third kappa shape index (κ3) is 2.67. The van der Waals surface area contributed by atoms with Crippen molar-refractivity contribution in [3.63, 3.8) is 0 Å². The highest BCUT2D eigenvalue weighted by Gasteiger charge is 2.20. The van der Waals surface area contributed by atoms with E-state index in [0.717, 1.165) is 10.8 Å². The molecule has 2 N–H and O–H groups in total. The summed E-state index contributed by atoms with van der Waals surface area (Å²) in [6.45, 7) is 8.19.